The van der Waals surface area contributed by atoms with Crippen LogP contribution < -0.4 is 5.56 Å². The Kier molecular flexibility index (Phi) is 4.79. The second kappa shape index (κ2) is 7.22. The molecule has 5 nitrogen and oxygen atoms in total. The molecule has 0 bridgehead atoms. The normalized spacial score (nSPS) is 23.1. The highest BCUT2D eigenvalue weighted by Crippen LogP contribution is 2.36. The lowest BCUT2D eigenvalue weighted by Gasteiger charge is -2.37. The molecule has 2 fully saturated rings. The number of carbonyl (C=O) groups excluding carboxylic acids is 1. The third-order valence-electron chi connectivity index (χ3n) is 6.06. The largest absolute Gasteiger partial charge is 0.335 e. The summed E-state index contributed by atoms with van der Waals surface area (Å²) in [4.78, 5) is 27.8. The van der Waals surface area contributed by atoms with Crippen molar-refractivity contribution in [1.29, 1.82) is 0 Å². The van der Waals surface area contributed by atoms with E-state index in [1.807, 2.05) is 18.2 Å². The van der Waals surface area contributed by atoms with Gasteiger partial charge in [-0.1, -0.05) is 31.5 Å². The van der Waals surface area contributed by atoms with Gasteiger partial charge in [-0.2, -0.15) is 5.10 Å². The molecule has 2 aliphatic carbocycles. The minimum atomic E-state index is -0.179. The molecule has 2 aromatic rings. The van der Waals surface area contributed by atoms with E-state index < -0.39 is 0 Å². The number of hydrogen-bond acceptors (Lipinski definition) is 3. The Morgan fingerprint density at radius 2 is 1.77 bits per heavy atom. The van der Waals surface area contributed by atoms with Crippen LogP contribution in [0.2, 0.25) is 0 Å². The van der Waals surface area contributed by atoms with E-state index >= 15 is 0 Å². The summed E-state index contributed by atoms with van der Waals surface area (Å²) in [7, 11) is 0. The van der Waals surface area contributed by atoms with E-state index in [4.69, 9.17) is 0 Å². The summed E-state index contributed by atoms with van der Waals surface area (Å²) in [5.74, 6) is 0.865. The van der Waals surface area contributed by atoms with Gasteiger partial charge in [-0.05, 0) is 50.5 Å². The van der Waals surface area contributed by atoms with E-state index in [0.29, 0.717) is 17.5 Å². The summed E-state index contributed by atoms with van der Waals surface area (Å²) in [5, 5.41) is 5.68. The van der Waals surface area contributed by atoms with Crippen LogP contribution in [-0.2, 0) is 11.3 Å². The Labute approximate surface area is 154 Å². The van der Waals surface area contributed by atoms with Crippen LogP contribution in [0.25, 0.3) is 10.8 Å². The van der Waals surface area contributed by atoms with E-state index in [1.165, 1.54) is 23.9 Å². The Hall–Kier alpha value is -2.17. The number of aromatic nitrogens is 2. The van der Waals surface area contributed by atoms with Crippen molar-refractivity contribution in [2.45, 2.75) is 70.5 Å². The van der Waals surface area contributed by atoms with Gasteiger partial charge in [0.25, 0.3) is 5.56 Å². The van der Waals surface area contributed by atoms with Gasteiger partial charge in [-0.3, -0.25) is 9.59 Å². The first-order valence-corrected chi connectivity index (χ1v) is 9.93. The molecule has 1 heterocycles. The van der Waals surface area contributed by atoms with Gasteiger partial charge in [-0.25, -0.2) is 4.68 Å². The fraction of sp³-hybridized carbons (Fsp3) is 0.571. The summed E-state index contributed by atoms with van der Waals surface area (Å²) in [6.07, 6.45) is 9.73. The lowest BCUT2D eigenvalue weighted by Crippen LogP contribution is -2.46. The zero-order valence-corrected chi connectivity index (χ0v) is 15.4. The molecule has 0 aliphatic heterocycles. The molecular weight excluding hydrogens is 326 g/mol. The zero-order valence-electron chi connectivity index (χ0n) is 15.4. The van der Waals surface area contributed by atoms with Crippen LogP contribution in [0.3, 0.4) is 0 Å². The Bertz CT molecular complexity index is 848. The number of rotatable bonds is 5. The summed E-state index contributed by atoms with van der Waals surface area (Å²) < 4.78 is 1.33. The summed E-state index contributed by atoms with van der Waals surface area (Å²) >= 11 is 0. The first-order chi connectivity index (χ1) is 12.7. The first kappa shape index (κ1) is 17.3. The molecule has 26 heavy (non-hydrogen) atoms. The molecule has 0 N–H and O–H groups in total. The molecule has 0 unspecified atom stereocenters. The number of nitrogens with zero attached hydrogens (tertiary/aromatic N) is 3. The van der Waals surface area contributed by atoms with Gasteiger partial charge >= 0.3 is 0 Å². The number of fused-ring (bicyclic) bond motifs is 1. The molecule has 4 rings (SSSR count). The first-order valence-electron chi connectivity index (χ1n) is 9.93. The standard InChI is InChI=1S/C21H27N3O2/c1-2-15-7-9-17(10-8-15)24(18-11-12-18)20(25)14-23-21(26)19-6-4-3-5-16(19)13-22-23/h3-6,13,15,17-18H,2,7-12,14H2,1H3. The molecule has 0 atom stereocenters. The molecule has 1 aromatic carbocycles. The van der Waals surface area contributed by atoms with Crippen molar-refractivity contribution >= 4 is 16.7 Å². The summed E-state index contributed by atoms with van der Waals surface area (Å²) in [6, 6.07) is 8.12. The molecular formula is C21H27N3O2. The highest BCUT2D eigenvalue weighted by Gasteiger charge is 2.38. The maximum Gasteiger partial charge on any atom is 0.275 e. The lowest BCUT2D eigenvalue weighted by atomic mass is 9.84. The van der Waals surface area contributed by atoms with E-state index in [-0.39, 0.29) is 18.0 Å². The maximum atomic E-state index is 13.1. The van der Waals surface area contributed by atoms with Crippen LogP contribution in [0, 0.1) is 5.92 Å². The van der Waals surface area contributed by atoms with Crippen LogP contribution in [-0.4, -0.2) is 32.7 Å². The fourth-order valence-corrected chi connectivity index (χ4v) is 4.34. The third-order valence-corrected chi connectivity index (χ3v) is 6.06. The Morgan fingerprint density at radius 3 is 2.42 bits per heavy atom. The van der Waals surface area contributed by atoms with Crippen LogP contribution >= 0.6 is 0 Å². The second-order valence-electron chi connectivity index (χ2n) is 7.81. The monoisotopic (exact) mass is 353 g/mol. The average Bonchev–Trinajstić information content (AvgIpc) is 3.50. The topological polar surface area (TPSA) is 55.2 Å². The summed E-state index contributed by atoms with van der Waals surface area (Å²) in [5.41, 5.74) is -0.179. The van der Waals surface area contributed by atoms with Crippen LogP contribution in [0.4, 0.5) is 0 Å². The average molecular weight is 353 g/mol. The van der Waals surface area contributed by atoms with Crippen molar-refractivity contribution < 1.29 is 4.79 Å². The predicted octanol–water partition coefficient (Wildman–Crippen LogP) is 3.36. The molecule has 2 aliphatic rings. The quantitative estimate of drug-likeness (QED) is 0.828. The Morgan fingerprint density at radius 1 is 1.12 bits per heavy atom. The van der Waals surface area contributed by atoms with Crippen LogP contribution in [0.15, 0.2) is 35.3 Å². The van der Waals surface area contributed by atoms with Crippen molar-refractivity contribution in [2.75, 3.05) is 0 Å². The fourth-order valence-electron chi connectivity index (χ4n) is 4.34. The van der Waals surface area contributed by atoms with Gasteiger partial charge in [0.2, 0.25) is 5.91 Å². The molecule has 138 valence electrons. The molecule has 0 saturated heterocycles. The molecule has 0 radical (unpaired) electrons. The zero-order chi connectivity index (χ0) is 18.1. The molecule has 5 heteroatoms. The number of hydrogen-bond donors (Lipinski definition) is 0. The van der Waals surface area contributed by atoms with Gasteiger partial charge in [0.05, 0.1) is 11.6 Å². The van der Waals surface area contributed by atoms with Gasteiger partial charge in [0, 0.05) is 17.5 Å². The number of carbonyl (C=O) groups is 1. The van der Waals surface area contributed by atoms with Crippen molar-refractivity contribution in [3.63, 3.8) is 0 Å². The number of benzene rings is 1. The van der Waals surface area contributed by atoms with Gasteiger partial charge in [-0.15, -0.1) is 0 Å². The van der Waals surface area contributed by atoms with Crippen molar-refractivity contribution in [3.8, 4) is 0 Å². The predicted molar refractivity (Wildman–Crippen MR) is 102 cm³/mol. The third kappa shape index (κ3) is 3.39. The minimum absolute atomic E-state index is 0.0495. The highest BCUT2D eigenvalue weighted by atomic mass is 16.2. The molecule has 1 aromatic heterocycles. The lowest BCUT2D eigenvalue weighted by molar-refractivity contribution is -0.136. The van der Waals surface area contributed by atoms with Gasteiger partial charge < -0.3 is 4.90 Å². The Balaban J connectivity index is 1.52. The van der Waals surface area contributed by atoms with Crippen molar-refractivity contribution in [2.24, 2.45) is 5.92 Å². The minimum Gasteiger partial charge on any atom is -0.335 e. The summed E-state index contributed by atoms with van der Waals surface area (Å²) in [6.45, 7) is 2.31. The molecule has 1 amide bonds. The SMILES string of the molecule is CCC1CCC(N(C(=O)Cn2ncc3ccccc3c2=O)C2CC2)CC1. The smallest absolute Gasteiger partial charge is 0.275 e. The van der Waals surface area contributed by atoms with Crippen LogP contribution in [0.1, 0.15) is 51.9 Å². The van der Waals surface area contributed by atoms with Crippen molar-refractivity contribution in [3.05, 3.63) is 40.8 Å². The van der Waals surface area contributed by atoms with E-state index in [1.54, 1.807) is 12.3 Å². The van der Waals surface area contributed by atoms with E-state index in [9.17, 15) is 9.59 Å². The highest BCUT2D eigenvalue weighted by molar-refractivity contribution is 5.81. The molecule has 2 saturated carbocycles. The van der Waals surface area contributed by atoms with Gasteiger partial charge in [0.15, 0.2) is 0 Å². The van der Waals surface area contributed by atoms with Crippen molar-refractivity contribution in [1.82, 2.24) is 14.7 Å². The van der Waals surface area contributed by atoms with E-state index in [0.717, 1.165) is 37.0 Å². The molecule has 0 spiro atoms. The van der Waals surface area contributed by atoms with Gasteiger partial charge in [0.1, 0.15) is 6.54 Å². The van der Waals surface area contributed by atoms with Crippen LogP contribution in [0.5, 0.6) is 0 Å². The number of amides is 1. The van der Waals surface area contributed by atoms with E-state index in [2.05, 4.69) is 16.9 Å². The second-order valence-corrected chi connectivity index (χ2v) is 7.81. The maximum absolute atomic E-state index is 13.1.